The molecule has 0 radical (unpaired) electrons. The molecule has 0 spiro atoms. The minimum Gasteiger partial charge on any atom is -0.462 e. The van der Waals surface area contributed by atoms with E-state index in [4.69, 9.17) is 9.47 Å². The molecule has 0 fully saturated rings. The van der Waals surface area contributed by atoms with Gasteiger partial charge in [0, 0.05) is 12.8 Å². The van der Waals surface area contributed by atoms with Crippen molar-refractivity contribution in [1.82, 2.24) is 0 Å². The number of hydrogen-bond acceptors (Lipinski definition) is 5. The van der Waals surface area contributed by atoms with E-state index in [-0.39, 0.29) is 25.2 Å². The summed E-state index contributed by atoms with van der Waals surface area (Å²) in [4.78, 5) is 24.3. The molecule has 0 aromatic carbocycles. The molecule has 304 valence electrons. The first kappa shape index (κ1) is 49.9. The van der Waals surface area contributed by atoms with Gasteiger partial charge in [0.1, 0.15) is 6.61 Å². The molecule has 0 saturated heterocycles. The maximum Gasteiger partial charge on any atom is 0.306 e. The third-order valence-electron chi connectivity index (χ3n) is 10.9. The summed E-state index contributed by atoms with van der Waals surface area (Å²) in [6.45, 7) is 6.58. The highest BCUT2D eigenvalue weighted by atomic mass is 16.6. The maximum absolute atomic E-state index is 12.2. The fraction of sp³-hybridized carbons (Fsp3) is 0.957. The number of rotatable bonds is 42. The zero-order valence-corrected chi connectivity index (χ0v) is 34.8. The molecule has 0 bridgehead atoms. The SMILES string of the molecule is CCCCCCCCCCCCCCCCCC(=O)O[C@@H](CO)COC(=O)CCCCCCCCCCCCCCCCCCCCC(C)CC. The fourth-order valence-corrected chi connectivity index (χ4v) is 7.06. The molecule has 0 rings (SSSR count). The quantitative estimate of drug-likeness (QED) is 0.0501. The van der Waals surface area contributed by atoms with Gasteiger partial charge in [0.15, 0.2) is 6.10 Å². The van der Waals surface area contributed by atoms with Crippen molar-refractivity contribution >= 4 is 11.9 Å². The molecule has 0 saturated carbocycles. The molecule has 51 heavy (non-hydrogen) atoms. The van der Waals surface area contributed by atoms with E-state index in [2.05, 4.69) is 20.8 Å². The van der Waals surface area contributed by atoms with Crippen molar-refractivity contribution in [3.8, 4) is 0 Å². The number of aliphatic hydroxyl groups is 1. The first-order valence-corrected chi connectivity index (χ1v) is 23.0. The summed E-state index contributed by atoms with van der Waals surface area (Å²) < 4.78 is 10.7. The van der Waals surface area contributed by atoms with Crippen LogP contribution in [0.15, 0.2) is 0 Å². The van der Waals surface area contributed by atoms with Crippen LogP contribution in [0.1, 0.15) is 258 Å². The van der Waals surface area contributed by atoms with Gasteiger partial charge in [-0.3, -0.25) is 9.59 Å². The minimum atomic E-state index is -0.762. The summed E-state index contributed by atoms with van der Waals surface area (Å²) in [7, 11) is 0. The van der Waals surface area contributed by atoms with Crippen LogP contribution in [0.3, 0.4) is 0 Å². The van der Waals surface area contributed by atoms with E-state index in [1.54, 1.807) is 0 Å². The van der Waals surface area contributed by atoms with Crippen LogP contribution in [-0.2, 0) is 19.1 Å². The smallest absolute Gasteiger partial charge is 0.306 e. The molecule has 0 aliphatic heterocycles. The van der Waals surface area contributed by atoms with Crippen molar-refractivity contribution in [2.24, 2.45) is 5.92 Å². The molecule has 0 aliphatic carbocycles. The van der Waals surface area contributed by atoms with E-state index in [1.807, 2.05) is 0 Å². The minimum absolute atomic E-state index is 0.0569. The summed E-state index contributed by atoms with van der Waals surface area (Å²) in [5, 5.41) is 9.58. The second kappa shape index (κ2) is 41.7. The van der Waals surface area contributed by atoms with Gasteiger partial charge in [0.05, 0.1) is 6.61 Å². The average Bonchev–Trinajstić information content (AvgIpc) is 3.13. The van der Waals surface area contributed by atoms with Gasteiger partial charge in [-0.1, -0.05) is 233 Å². The summed E-state index contributed by atoms with van der Waals surface area (Å²) >= 11 is 0. The molecule has 2 atom stereocenters. The average molecular weight is 723 g/mol. The van der Waals surface area contributed by atoms with Crippen LogP contribution >= 0.6 is 0 Å². The van der Waals surface area contributed by atoms with Gasteiger partial charge in [-0.05, 0) is 18.8 Å². The van der Waals surface area contributed by atoms with Crippen LogP contribution in [0.4, 0.5) is 0 Å². The summed E-state index contributed by atoms with van der Waals surface area (Å²) in [6.07, 6.45) is 46.0. The predicted octanol–water partition coefficient (Wildman–Crippen LogP) is 14.5. The van der Waals surface area contributed by atoms with Gasteiger partial charge in [-0.25, -0.2) is 0 Å². The number of hydrogen-bond donors (Lipinski definition) is 1. The van der Waals surface area contributed by atoms with E-state index in [0.29, 0.717) is 12.8 Å². The summed E-state index contributed by atoms with van der Waals surface area (Å²) in [5.41, 5.74) is 0. The van der Waals surface area contributed by atoms with Crippen molar-refractivity contribution < 1.29 is 24.2 Å². The van der Waals surface area contributed by atoms with E-state index >= 15 is 0 Å². The monoisotopic (exact) mass is 723 g/mol. The van der Waals surface area contributed by atoms with Crippen LogP contribution in [-0.4, -0.2) is 36.4 Å². The first-order chi connectivity index (χ1) is 25.0. The number of carbonyl (C=O) groups is 2. The lowest BCUT2D eigenvalue weighted by Crippen LogP contribution is -2.28. The number of aliphatic hydroxyl groups excluding tert-OH is 1. The third-order valence-corrected chi connectivity index (χ3v) is 10.9. The van der Waals surface area contributed by atoms with Gasteiger partial charge < -0.3 is 14.6 Å². The van der Waals surface area contributed by atoms with Crippen molar-refractivity contribution in [3.05, 3.63) is 0 Å². The van der Waals surface area contributed by atoms with Crippen LogP contribution in [0.5, 0.6) is 0 Å². The molecule has 1 N–H and O–H groups in total. The molecule has 5 heteroatoms. The lowest BCUT2D eigenvalue weighted by atomic mass is 9.99. The van der Waals surface area contributed by atoms with Gasteiger partial charge in [-0.2, -0.15) is 0 Å². The standard InChI is InChI=1S/C46H90O5/c1-4-6-7-8-9-10-11-12-17-22-25-28-31-34-37-40-46(49)51-44(41-47)42-50-45(48)39-36-33-30-27-24-21-19-16-14-13-15-18-20-23-26-29-32-35-38-43(3)5-2/h43-44,47H,4-42H2,1-3H3/t43?,44-/m0/s1. The number of esters is 2. The third kappa shape index (κ3) is 39.9. The Balaban J connectivity index is 3.45. The van der Waals surface area contributed by atoms with Gasteiger partial charge in [0.2, 0.25) is 0 Å². The highest BCUT2D eigenvalue weighted by Crippen LogP contribution is 2.17. The zero-order chi connectivity index (χ0) is 37.3. The normalized spacial score (nSPS) is 12.6. The van der Waals surface area contributed by atoms with Crippen molar-refractivity contribution in [2.45, 2.75) is 264 Å². The molecule has 0 aliphatic rings. The van der Waals surface area contributed by atoms with Gasteiger partial charge in [-0.15, -0.1) is 0 Å². The van der Waals surface area contributed by atoms with Crippen molar-refractivity contribution in [3.63, 3.8) is 0 Å². The molecule has 5 nitrogen and oxygen atoms in total. The lowest BCUT2D eigenvalue weighted by molar-refractivity contribution is -0.161. The van der Waals surface area contributed by atoms with Crippen molar-refractivity contribution in [2.75, 3.05) is 13.2 Å². The molecule has 0 aromatic rings. The van der Waals surface area contributed by atoms with E-state index in [1.165, 1.54) is 193 Å². The largest absolute Gasteiger partial charge is 0.462 e. The molecule has 0 heterocycles. The van der Waals surface area contributed by atoms with E-state index in [0.717, 1.165) is 38.0 Å². The predicted molar refractivity (Wildman–Crippen MR) is 219 cm³/mol. The van der Waals surface area contributed by atoms with Crippen LogP contribution in [0.25, 0.3) is 0 Å². The van der Waals surface area contributed by atoms with Crippen molar-refractivity contribution in [1.29, 1.82) is 0 Å². The topological polar surface area (TPSA) is 72.8 Å². The number of carbonyl (C=O) groups excluding carboxylic acids is 2. The Labute approximate surface area is 319 Å². The molecular weight excluding hydrogens is 633 g/mol. The number of ether oxygens (including phenoxy) is 2. The highest BCUT2D eigenvalue weighted by molar-refractivity contribution is 5.70. The Hall–Kier alpha value is -1.10. The molecule has 0 aromatic heterocycles. The summed E-state index contributed by atoms with van der Waals surface area (Å²) in [6, 6.07) is 0. The Morgan fingerprint density at radius 1 is 0.451 bits per heavy atom. The van der Waals surface area contributed by atoms with Gasteiger partial charge >= 0.3 is 11.9 Å². The van der Waals surface area contributed by atoms with Crippen LogP contribution in [0, 0.1) is 5.92 Å². The van der Waals surface area contributed by atoms with Gasteiger partial charge in [0.25, 0.3) is 0 Å². The molecule has 1 unspecified atom stereocenters. The summed E-state index contributed by atoms with van der Waals surface area (Å²) in [5.74, 6) is 0.344. The van der Waals surface area contributed by atoms with E-state index < -0.39 is 6.10 Å². The zero-order valence-electron chi connectivity index (χ0n) is 34.8. The first-order valence-electron chi connectivity index (χ1n) is 23.0. The second-order valence-corrected chi connectivity index (χ2v) is 16.1. The fourth-order valence-electron chi connectivity index (χ4n) is 7.06. The second-order valence-electron chi connectivity index (χ2n) is 16.1. The number of unbranched alkanes of at least 4 members (excludes halogenated alkanes) is 31. The van der Waals surface area contributed by atoms with Crippen LogP contribution < -0.4 is 0 Å². The van der Waals surface area contributed by atoms with Crippen LogP contribution in [0.2, 0.25) is 0 Å². The molecular formula is C46H90O5. The Kier molecular flexibility index (Phi) is 40.8. The Bertz CT molecular complexity index is 710. The highest BCUT2D eigenvalue weighted by Gasteiger charge is 2.16. The Morgan fingerprint density at radius 2 is 0.765 bits per heavy atom. The maximum atomic E-state index is 12.2. The lowest BCUT2D eigenvalue weighted by Gasteiger charge is -2.15. The Morgan fingerprint density at radius 3 is 1.10 bits per heavy atom. The molecule has 0 amide bonds. The van der Waals surface area contributed by atoms with E-state index in [9.17, 15) is 14.7 Å².